The minimum absolute atomic E-state index is 0.143. The number of fused-ring (bicyclic) bond motifs is 1. The number of H-pyrrole nitrogens is 1. The van der Waals surface area contributed by atoms with Crippen LogP contribution in [0.3, 0.4) is 0 Å². The number of carbonyl (C=O) groups is 1. The van der Waals surface area contributed by atoms with Gasteiger partial charge in [0.05, 0.1) is 17.1 Å². The first-order valence-electron chi connectivity index (χ1n) is 9.30. The van der Waals surface area contributed by atoms with Crippen LogP contribution in [-0.2, 0) is 0 Å². The van der Waals surface area contributed by atoms with Crippen molar-refractivity contribution in [1.82, 2.24) is 20.4 Å². The Labute approximate surface area is 163 Å². The molecule has 2 N–H and O–H groups in total. The number of para-hydroxylation sites is 2. The molecule has 1 amide bonds. The molecule has 6 heteroatoms. The normalized spacial score (nSPS) is 12.4. The van der Waals surface area contributed by atoms with E-state index in [-0.39, 0.29) is 23.6 Å². The molecular formula is C22H22N4O2. The molecule has 0 radical (unpaired) electrons. The molecule has 0 aliphatic carbocycles. The van der Waals surface area contributed by atoms with Gasteiger partial charge in [0.15, 0.2) is 0 Å². The minimum atomic E-state index is -0.315. The van der Waals surface area contributed by atoms with Crippen LogP contribution in [-0.4, -0.2) is 21.0 Å². The molecule has 0 fully saturated rings. The average Bonchev–Trinajstić information content (AvgIpc) is 3.33. The van der Waals surface area contributed by atoms with Crippen molar-refractivity contribution in [3.8, 4) is 11.3 Å². The Hall–Kier alpha value is -3.41. The highest BCUT2D eigenvalue weighted by Crippen LogP contribution is 2.24. The van der Waals surface area contributed by atoms with Gasteiger partial charge in [0.1, 0.15) is 11.5 Å². The lowest BCUT2D eigenvalue weighted by Crippen LogP contribution is -2.32. The first kappa shape index (κ1) is 18.0. The van der Waals surface area contributed by atoms with Crippen molar-refractivity contribution in [3.05, 3.63) is 71.7 Å². The van der Waals surface area contributed by atoms with E-state index < -0.39 is 0 Å². The predicted octanol–water partition coefficient (Wildman–Crippen LogP) is 4.65. The van der Waals surface area contributed by atoms with E-state index in [0.29, 0.717) is 5.69 Å². The zero-order valence-electron chi connectivity index (χ0n) is 16.1. The van der Waals surface area contributed by atoms with E-state index in [1.54, 1.807) is 6.07 Å². The topological polar surface area (TPSA) is 83.8 Å². The number of amides is 1. The molecule has 142 valence electrons. The van der Waals surface area contributed by atoms with Gasteiger partial charge >= 0.3 is 0 Å². The van der Waals surface area contributed by atoms with Gasteiger partial charge in [0, 0.05) is 11.6 Å². The number of hydrogen-bond donors (Lipinski definition) is 2. The number of aromatic amines is 1. The van der Waals surface area contributed by atoms with Gasteiger partial charge in [0.2, 0.25) is 5.76 Å². The van der Waals surface area contributed by atoms with Crippen molar-refractivity contribution in [2.24, 2.45) is 5.92 Å². The van der Waals surface area contributed by atoms with E-state index in [1.165, 1.54) is 0 Å². The van der Waals surface area contributed by atoms with Crippen molar-refractivity contribution >= 4 is 16.9 Å². The molecule has 6 nitrogen and oxygen atoms in total. The van der Waals surface area contributed by atoms with Crippen molar-refractivity contribution < 1.29 is 9.32 Å². The molecule has 4 aromatic rings. The van der Waals surface area contributed by atoms with Crippen molar-refractivity contribution in [2.75, 3.05) is 0 Å². The quantitative estimate of drug-likeness (QED) is 0.532. The van der Waals surface area contributed by atoms with E-state index in [9.17, 15) is 4.79 Å². The Bertz CT molecular complexity index is 1080. The van der Waals surface area contributed by atoms with Crippen LogP contribution in [0.2, 0.25) is 0 Å². The lowest BCUT2D eigenvalue weighted by Gasteiger charge is -2.19. The van der Waals surface area contributed by atoms with E-state index >= 15 is 0 Å². The van der Waals surface area contributed by atoms with Gasteiger partial charge in [0.25, 0.3) is 5.91 Å². The summed E-state index contributed by atoms with van der Waals surface area (Å²) < 4.78 is 5.29. The molecule has 0 aliphatic heterocycles. The number of aryl methyl sites for hydroxylation is 1. The maximum Gasteiger partial charge on any atom is 0.290 e. The highest BCUT2D eigenvalue weighted by molar-refractivity contribution is 5.92. The monoisotopic (exact) mass is 374 g/mol. The zero-order valence-corrected chi connectivity index (χ0v) is 16.1. The third kappa shape index (κ3) is 3.53. The number of benzene rings is 2. The molecule has 0 spiro atoms. The molecule has 4 rings (SSSR count). The van der Waals surface area contributed by atoms with Crippen molar-refractivity contribution in [2.45, 2.75) is 26.8 Å². The maximum atomic E-state index is 12.8. The first-order valence-corrected chi connectivity index (χ1v) is 9.30. The number of hydrogen-bond acceptors (Lipinski definition) is 4. The van der Waals surface area contributed by atoms with Gasteiger partial charge in [-0.05, 0) is 25.0 Å². The van der Waals surface area contributed by atoms with Gasteiger partial charge in [-0.15, -0.1) is 0 Å². The smallest absolute Gasteiger partial charge is 0.290 e. The Morgan fingerprint density at radius 1 is 1.11 bits per heavy atom. The number of imidazole rings is 1. The fourth-order valence-electron chi connectivity index (χ4n) is 3.13. The Kier molecular flexibility index (Phi) is 4.69. The van der Waals surface area contributed by atoms with Crippen LogP contribution < -0.4 is 5.32 Å². The number of nitrogens with zero attached hydrogens (tertiary/aromatic N) is 2. The third-order valence-electron chi connectivity index (χ3n) is 4.74. The zero-order chi connectivity index (χ0) is 19.7. The largest absolute Gasteiger partial charge is 0.350 e. The second kappa shape index (κ2) is 7.31. The van der Waals surface area contributed by atoms with Gasteiger partial charge < -0.3 is 14.8 Å². The van der Waals surface area contributed by atoms with E-state index in [1.807, 2.05) is 69.3 Å². The maximum absolute atomic E-state index is 12.8. The number of carbonyl (C=O) groups excluding carboxylic acids is 1. The summed E-state index contributed by atoms with van der Waals surface area (Å²) in [5.41, 5.74) is 4.52. The SMILES string of the molecule is Cc1ccc(-c2cc(C(=O)N[C@H](c3nc4ccccc4[nH]3)C(C)C)on2)cc1. The molecule has 0 aliphatic rings. The third-order valence-corrected chi connectivity index (χ3v) is 4.74. The van der Waals surface area contributed by atoms with Gasteiger partial charge in [-0.3, -0.25) is 4.79 Å². The summed E-state index contributed by atoms with van der Waals surface area (Å²) in [6.07, 6.45) is 0. The van der Waals surface area contributed by atoms with Crippen LogP contribution in [0.25, 0.3) is 22.3 Å². The molecule has 0 saturated carbocycles. The van der Waals surface area contributed by atoms with Crippen LogP contribution in [0.4, 0.5) is 0 Å². The minimum Gasteiger partial charge on any atom is -0.350 e. The Morgan fingerprint density at radius 2 is 1.86 bits per heavy atom. The number of rotatable bonds is 5. The molecular weight excluding hydrogens is 352 g/mol. The molecule has 28 heavy (non-hydrogen) atoms. The van der Waals surface area contributed by atoms with Gasteiger partial charge in [-0.2, -0.15) is 0 Å². The van der Waals surface area contributed by atoms with Crippen molar-refractivity contribution in [1.29, 1.82) is 0 Å². The second-order valence-electron chi connectivity index (χ2n) is 7.28. The molecule has 2 aromatic carbocycles. The molecule has 0 bridgehead atoms. The van der Waals surface area contributed by atoms with Crippen LogP contribution in [0.5, 0.6) is 0 Å². The van der Waals surface area contributed by atoms with E-state index in [0.717, 1.165) is 28.0 Å². The average molecular weight is 374 g/mol. The Morgan fingerprint density at radius 3 is 2.57 bits per heavy atom. The van der Waals surface area contributed by atoms with Crippen molar-refractivity contribution in [3.63, 3.8) is 0 Å². The van der Waals surface area contributed by atoms with Crippen LogP contribution in [0.15, 0.2) is 59.1 Å². The summed E-state index contributed by atoms with van der Waals surface area (Å²) in [6, 6.07) is 17.1. The summed E-state index contributed by atoms with van der Waals surface area (Å²) in [7, 11) is 0. The molecule has 2 aromatic heterocycles. The molecule has 2 heterocycles. The Balaban J connectivity index is 1.56. The van der Waals surface area contributed by atoms with Gasteiger partial charge in [-0.1, -0.05) is 61.0 Å². The number of aromatic nitrogens is 3. The first-order chi connectivity index (χ1) is 13.5. The number of nitrogens with one attached hydrogen (secondary N) is 2. The highest BCUT2D eigenvalue weighted by atomic mass is 16.5. The standard InChI is InChI=1S/C22H22N4O2/c1-13(2)20(21-23-16-6-4-5-7-17(16)24-21)25-22(27)19-12-18(26-28-19)15-10-8-14(3)9-11-15/h4-13,20H,1-3H3,(H,23,24)(H,25,27)/t20-/m0/s1. The molecule has 0 unspecified atom stereocenters. The summed E-state index contributed by atoms with van der Waals surface area (Å²) >= 11 is 0. The summed E-state index contributed by atoms with van der Waals surface area (Å²) in [5, 5.41) is 7.06. The lowest BCUT2D eigenvalue weighted by atomic mass is 10.0. The lowest BCUT2D eigenvalue weighted by molar-refractivity contribution is 0.0886. The molecule has 1 atom stereocenters. The fourth-order valence-corrected chi connectivity index (χ4v) is 3.13. The molecule has 0 saturated heterocycles. The van der Waals surface area contributed by atoms with E-state index in [2.05, 4.69) is 20.4 Å². The highest BCUT2D eigenvalue weighted by Gasteiger charge is 2.24. The van der Waals surface area contributed by atoms with Crippen LogP contribution >= 0.6 is 0 Å². The van der Waals surface area contributed by atoms with Crippen LogP contribution in [0, 0.1) is 12.8 Å². The fraction of sp³-hybridized carbons (Fsp3) is 0.227. The summed E-state index contributed by atoms with van der Waals surface area (Å²) in [5.74, 6) is 0.731. The predicted molar refractivity (Wildman–Crippen MR) is 108 cm³/mol. The second-order valence-corrected chi connectivity index (χ2v) is 7.28. The summed E-state index contributed by atoms with van der Waals surface area (Å²) in [4.78, 5) is 20.7. The van der Waals surface area contributed by atoms with Gasteiger partial charge in [-0.25, -0.2) is 4.98 Å². The van der Waals surface area contributed by atoms with Crippen LogP contribution in [0.1, 0.15) is 41.8 Å². The summed E-state index contributed by atoms with van der Waals surface area (Å²) in [6.45, 7) is 6.10. The van der Waals surface area contributed by atoms with E-state index in [4.69, 9.17) is 4.52 Å².